The van der Waals surface area contributed by atoms with E-state index in [1.807, 2.05) is 37.4 Å². The summed E-state index contributed by atoms with van der Waals surface area (Å²) in [5, 5.41) is 3.21. The Kier molecular flexibility index (Phi) is 1.67. The number of nitrogens with zero attached hydrogens (tertiary/aromatic N) is 1. The summed E-state index contributed by atoms with van der Waals surface area (Å²) in [7, 11) is 0. The maximum atomic E-state index is 4.16. The number of hydrogen-bond acceptors (Lipinski definition) is 2. The first-order chi connectivity index (χ1) is 5.86. The van der Waals surface area contributed by atoms with Crippen molar-refractivity contribution in [1.82, 2.24) is 0 Å². The number of amidine groups is 1. The van der Waals surface area contributed by atoms with Crippen molar-refractivity contribution >= 4 is 17.6 Å². The molecule has 1 aliphatic rings. The van der Waals surface area contributed by atoms with E-state index in [1.165, 1.54) is 5.56 Å². The first-order valence-corrected chi connectivity index (χ1v) is 3.93. The van der Waals surface area contributed by atoms with Crippen LogP contribution >= 0.6 is 0 Å². The summed E-state index contributed by atoms with van der Waals surface area (Å²) < 4.78 is 0. The topological polar surface area (TPSA) is 24.4 Å². The molecule has 1 aromatic rings. The van der Waals surface area contributed by atoms with Gasteiger partial charge in [0.1, 0.15) is 5.84 Å². The Morgan fingerprint density at radius 3 is 3.00 bits per heavy atom. The molecule has 1 N–H and O–H groups in total. The lowest BCUT2D eigenvalue weighted by Gasteiger charge is -2.05. The van der Waals surface area contributed by atoms with E-state index >= 15 is 0 Å². The van der Waals surface area contributed by atoms with Gasteiger partial charge in [-0.15, -0.1) is 0 Å². The quantitative estimate of drug-likeness (QED) is 0.616. The second-order valence-electron chi connectivity index (χ2n) is 2.74. The average Bonchev–Trinajstić information content (AvgIpc) is 2.25. The number of aliphatic imine (C=N–C) groups is 1. The summed E-state index contributed by atoms with van der Waals surface area (Å²) in [6, 6.07) is 8.14. The minimum absolute atomic E-state index is 0.927. The molecule has 0 fully saturated rings. The van der Waals surface area contributed by atoms with E-state index in [9.17, 15) is 0 Å². The van der Waals surface area contributed by atoms with Gasteiger partial charge in [0.2, 0.25) is 0 Å². The molecule has 1 aromatic carbocycles. The van der Waals surface area contributed by atoms with E-state index in [2.05, 4.69) is 16.4 Å². The SMILES string of the molecule is CC1=NC=Cc2ccccc2N1. The van der Waals surface area contributed by atoms with Crippen molar-refractivity contribution in [1.29, 1.82) is 0 Å². The standard InChI is InChI=1S/C10H10N2/c1-8-11-7-6-9-4-2-3-5-10(9)12-8/h2-7H,1H3,(H,11,12). The molecule has 1 aliphatic heterocycles. The van der Waals surface area contributed by atoms with E-state index in [-0.39, 0.29) is 0 Å². The molecule has 0 radical (unpaired) electrons. The van der Waals surface area contributed by atoms with Crippen LogP contribution in [0.5, 0.6) is 0 Å². The lowest BCUT2D eigenvalue weighted by molar-refractivity contribution is 1.52. The molecule has 0 atom stereocenters. The molecule has 2 rings (SSSR count). The minimum Gasteiger partial charge on any atom is -0.344 e. The predicted molar refractivity (Wildman–Crippen MR) is 52.2 cm³/mol. The summed E-state index contributed by atoms with van der Waals surface area (Å²) in [5.74, 6) is 0.927. The average molecular weight is 158 g/mol. The van der Waals surface area contributed by atoms with Crippen molar-refractivity contribution < 1.29 is 0 Å². The third-order valence-electron chi connectivity index (χ3n) is 1.80. The first kappa shape index (κ1) is 7.10. The molecule has 0 spiro atoms. The zero-order valence-electron chi connectivity index (χ0n) is 6.91. The van der Waals surface area contributed by atoms with Crippen molar-refractivity contribution in [2.75, 3.05) is 5.32 Å². The molecular formula is C10H10N2. The van der Waals surface area contributed by atoms with Crippen LogP contribution < -0.4 is 5.32 Å². The van der Waals surface area contributed by atoms with E-state index < -0.39 is 0 Å². The van der Waals surface area contributed by atoms with E-state index in [0.29, 0.717) is 0 Å². The number of anilines is 1. The minimum atomic E-state index is 0.927. The van der Waals surface area contributed by atoms with Gasteiger partial charge in [0.05, 0.1) is 0 Å². The molecule has 0 aliphatic carbocycles. The Morgan fingerprint density at radius 2 is 2.08 bits per heavy atom. The van der Waals surface area contributed by atoms with Crippen molar-refractivity contribution in [3.63, 3.8) is 0 Å². The highest BCUT2D eigenvalue weighted by Gasteiger charge is 2.00. The Hall–Kier alpha value is -1.57. The first-order valence-electron chi connectivity index (χ1n) is 3.93. The summed E-state index contributed by atoms with van der Waals surface area (Å²) in [6.45, 7) is 1.95. The lowest BCUT2D eigenvalue weighted by atomic mass is 10.2. The van der Waals surface area contributed by atoms with Gasteiger partial charge in [-0.25, -0.2) is 4.99 Å². The van der Waals surface area contributed by atoms with Crippen LogP contribution in [-0.2, 0) is 0 Å². The van der Waals surface area contributed by atoms with Crippen molar-refractivity contribution in [2.45, 2.75) is 6.92 Å². The summed E-state index contributed by atoms with van der Waals surface area (Å²) >= 11 is 0. The van der Waals surface area contributed by atoms with Crippen LogP contribution in [0.2, 0.25) is 0 Å². The molecule has 0 bridgehead atoms. The number of hydrogen-bond donors (Lipinski definition) is 1. The van der Waals surface area contributed by atoms with Gasteiger partial charge >= 0.3 is 0 Å². The molecule has 0 unspecified atom stereocenters. The Bertz CT molecular complexity index is 351. The molecule has 0 amide bonds. The lowest BCUT2D eigenvalue weighted by Crippen LogP contribution is -2.05. The fourth-order valence-corrected chi connectivity index (χ4v) is 1.21. The van der Waals surface area contributed by atoms with Crippen molar-refractivity contribution in [3.8, 4) is 0 Å². The van der Waals surface area contributed by atoms with Crippen LogP contribution in [0.4, 0.5) is 5.69 Å². The van der Waals surface area contributed by atoms with Gasteiger partial charge in [0.25, 0.3) is 0 Å². The van der Waals surface area contributed by atoms with Gasteiger partial charge in [0, 0.05) is 11.9 Å². The highest BCUT2D eigenvalue weighted by Crippen LogP contribution is 2.18. The molecular weight excluding hydrogens is 148 g/mol. The number of nitrogens with one attached hydrogen (secondary N) is 1. The second-order valence-corrected chi connectivity index (χ2v) is 2.74. The summed E-state index contributed by atoms with van der Waals surface area (Å²) in [5.41, 5.74) is 2.30. The van der Waals surface area contributed by atoms with Crippen LogP contribution in [0.1, 0.15) is 12.5 Å². The van der Waals surface area contributed by atoms with Gasteiger partial charge < -0.3 is 5.32 Å². The number of para-hydroxylation sites is 1. The van der Waals surface area contributed by atoms with Crippen LogP contribution in [-0.4, -0.2) is 5.84 Å². The third kappa shape index (κ3) is 1.23. The zero-order chi connectivity index (χ0) is 8.39. The van der Waals surface area contributed by atoms with Crippen molar-refractivity contribution in [2.24, 2.45) is 4.99 Å². The fourth-order valence-electron chi connectivity index (χ4n) is 1.21. The van der Waals surface area contributed by atoms with Gasteiger partial charge in [0.15, 0.2) is 0 Å². The summed E-state index contributed by atoms with van der Waals surface area (Å²) in [4.78, 5) is 4.16. The molecule has 2 nitrogen and oxygen atoms in total. The number of fused-ring (bicyclic) bond motifs is 1. The maximum absolute atomic E-state index is 4.16. The van der Waals surface area contributed by atoms with E-state index in [4.69, 9.17) is 0 Å². The van der Waals surface area contributed by atoms with E-state index in [0.717, 1.165) is 11.5 Å². The van der Waals surface area contributed by atoms with Crippen molar-refractivity contribution in [3.05, 3.63) is 36.0 Å². The van der Waals surface area contributed by atoms with Crippen LogP contribution in [0, 0.1) is 0 Å². The molecule has 2 heteroatoms. The molecule has 60 valence electrons. The smallest absolute Gasteiger partial charge is 0.103 e. The van der Waals surface area contributed by atoms with Crippen LogP contribution in [0.25, 0.3) is 6.08 Å². The highest BCUT2D eigenvalue weighted by atomic mass is 15.0. The van der Waals surface area contributed by atoms with Gasteiger partial charge in [-0.2, -0.15) is 0 Å². The molecule has 12 heavy (non-hydrogen) atoms. The molecule has 1 heterocycles. The third-order valence-corrected chi connectivity index (χ3v) is 1.80. The van der Waals surface area contributed by atoms with Gasteiger partial charge in [-0.3, -0.25) is 0 Å². The Balaban J connectivity index is 2.49. The normalized spacial score (nSPS) is 14.2. The fraction of sp³-hybridized carbons (Fsp3) is 0.100. The Labute approximate surface area is 71.6 Å². The molecule has 0 aromatic heterocycles. The molecule has 0 saturated carbocycles. The summed E-state index contributed by atoms with van der Waals surface area (Å²) in [6.07, 6.45) is 3.81. The predicted octanol–water partition coefficient (Wildman–Crippen LogP) is 2.50. The largest absolute Gasteiger partial charge is 0.344 e. The number of rotatable bonds is 0. The number of benzene rings is 1. The highest BCUT2D eigenvalue weighted by molar-refractivity contribution is 5.97. The van der Waals surface area contributed by atoms with Gasteiger partial charge in [-0.1, -0.05) is 18.2 Å². The van der Waals surface area contributed by atoms with Gasteiger partial charge in [-0.05, 0) is 24.6 Å². The monoisotopic (exact) mass is 158 g/mol. The Morgan fingerprint density at radius 1 is 1.25 bits per heavy atom. The van der Waals surface area contributed by atoms with Crippen LogP contribution in [0.15, 0.2) is 35.5 Å². The van der Waals surface area contributed by atoms with Crippen LogP contribution in [0.3, 0.4) is 0 Å². The maximum Gasteiger partial charge on any atom is 0.103 e. The molecule has 0 saturated heterocycles. The van der Waals surface area contributed by atoms with E-state index in [1.54, 1.807) is 0 Å². The zero-order valence-corrected chi connectivity index (χ0v) is 6.91. The second kappa shape index (κ2) is 2.81.